The molecule has 0 aromatic rings. The van der Waals surface area contributed by atoms with Crippen LogP contribution in [0.1, 0.15) is 65.2 Å². The van der Waals surface area contributed by atoms with Gasteiger partial charge in [-0.3, -0.25) is 4.79 Å². The van der Waals surface area contributed by atoms with E-state index in [1.54, 1.807) is 6.92 Å². The van der Waals surface area contributed by atoms with Crippen LogP contribution < -0.4 is 0 Å². The molecule has 1 N–H and O–H groups in total. The highest BCUT2D eigenvalue weighted by atomic mass is 16.2. The van der Waals surface area contributed by atoms with E-state index in [9.17, 15) is 4.79 Å². The summed E-state index contributed by atoms with van der Waals surface area (Å²) in [5, 5.41) is 7.57. The molecule has 0 unspecified atom stereocenters. The minimum Gasteiger partial charge on any atom is -0.397 e. The van der Waals surface area contributed by atoms with E-state index in [1.165, 1.54) is 38.5 Å². The van der Waals surface area contributed by atoms with Gasteiger partial charge in [-0.15, -0.1) is 0 Å². The van der Waals surface area contributed by atoms with Crippen molar-refractivity contribution < 1.29 is 9.90 Å². The Bertz CT molecular complexity index is 183. The van der Waals surface area contributed by atoms with E-state index in [2.05, 4.69) is 6.92 Å². The number of amides is 1. The molecule has 1 amide bonds. The largest absolute Gasteiger partial charge is 0.397 e. The number of rotatable bonds is 7. The van der Waals surface area contributed by atoms with Crippen molar-refractivity contribution in [3.8, 4) is 0 Å². The highest BCUT2D eigenvalue weighted by Crippen LogP contribution is 2.12. The van der Waals surface area contributed by atoms with E-state index < -0.39 is 0 Å². The second-order valence-corrected chi connectivity index (χ2v) is 4.57. The van der Waals surface area contributed by atoms with Crippen LogP contribution in [0.15, 0.2) is 0 Å². The summed E-state index contributed by atoms with van der Waals surface area (Å²) in [4.78, 5) is 13.3. The molecule has 1 heterocycles. The maximum atomic E-state index is 11.3. The summed E-state index contributed by atoms with van der Waals surface area (Å²) >= 11 is 0. The second-order valence-electron chi connectivity index (χ2n) is 4.57. The summed E-state index contributed by atoms with van der Waals surface area (Å²) in [6, 6.07) is 0. The van der Waals surface area contributed by atoms with Crippen molar-refractivity contribution in [1.29, 1.82) is 0 Å². The van der Waals surface area contributed by atoms with Gasteiger partial charge in [0.2, 0.25) is 5.91 Å². The van der Waals surface area contributed by atoms with Gasteiger partial charge in [0.25, 0.3) is 0 Å². The Morgan fingerprint density at radius 2 is 1.71 bits per heavy atom. The molecule has 0 radical (unpaired) electrons. The first-order chi connectivity index (χ1) is 8.26. The number of nitrogens with zero attached hydrogens (tertiary/aromatic N) is 1. The molecule has 1 rings (SSSR count). The number of unbranched alkanes of at least 4 members (excludes halogenated alkanes) is 5. The molecule has 3 nitrogen and oxygen atoms in total. The van der Waals surface area contributed by atoms with Crippen LogP contribution in [0.4, 0.5) is 0 Å². The molecule has 0 aromatic carbocycles. The van der Waals surface area contributed by atoms with E-state index in [0.29, 0.717) is 5.91 Å². The van der Waals surface area contributed by atoms with E-state index in [4.69, 9.17) is 5.11 Å². The van der Waals surface area contributed by atoms with Crippen LogP contribution in [-0.2, 0) is 4.79 Å². The van der Waals surface area contributed by atoms with E-state index in [1.807, 2.05) is 4.90 Å². The maximum absolute atomic E-state index is 11.3. The molecule has 0 aromatic heterocycles. The van der Waals surface area contributed by atoms with Crippen LogP contribution >= 0.6 is 0 Å². The van der Waals surface area contributed by atoms with Crippen molar-refractivity contribution in [2.24, 2.45) is 0 Å². The average molecular weight is 243 g/mol. The standard InChI is InChI=1S/C12H23NO.C2H6O/c1-2-3-4-5-6-7-10-13-11-8-9-12(13)14;1-2-3/h2-11H2,1H3;3H,2H2,1H3. The molecule has 1 fully saturated rings. The number of aliphatic hydroxyl groups is 1. The van der Waals surface area contributed by atoms with Gasteiger partial charge in [0.05, 0.1) is 0 Å². The Morgan fingerprint density at radius 1 is 1.12 bits per heavy atom. The number of aliphatic hydroxyl groups excluding tert-OH is 1. The predicted molar refractivity (Wildman–Crippen MR) is 71.9 cm³/mol. The summed E-state index contributed by atoms with van der Waals surface area (Å²) in [7, 11) is 0. The molecule has 1 saturated heterocycles. The van der Waals surface area contributed by atoms with Gasteiger partial charge in [-0.05, 0) is 19.8 Å². The van der Waals surface area contributed by atoms with Crippen LogP contribution in [0.5, 0.6) is 0 Å². The Balaban J connectivity index is 0.000000770. The molecule has 0 aliphatic carbocycles. The molecule has 102 valence electrons. The Hall–Kier alpha value is -0.570. The SMILES string of the molecule is CCCCCCCCN1CCCC1=O.CCO. The molecule has 0 spiro atoms. The Labute approximate surface area is 106 Å². The summed E-state index contributed by atoms with van der Waals surface area (Å²) in [5.41, 5.74) is 0. The third-order valence-corrected chi connectivity index (χ3v) is 2.95. The second kappa shape index (κ2) is 11.9. The molecular formula is C14H29NO2. The highest BCUT2D eigenvalue weighted by molar-refractivity contribution is 5.77. The van der Waals surface area contributed by atoms with Gasteiger partial charge < -0.3 is 10.0 Å². The number of hydrogen-bond acceptors (Lipinski definition) is 2. The molecule has 17 heavy (non-hydrogen) atoms. The molecule has 1 aliphatic rings. The number of hydrogen-bond donors (Lipinski definition) is 1. The van der Waals surface area contributed by atoms with Crippen molar-refractivity contribution in [2.75, 3.05) is 19.7 Å². The summed E-state index contributed by atoms with van der Waals surface area (Å²) in [5.74, 6) is 0.374. The summed E-state index contributed by atoms with van der Waals surface area (Å²) < 4.78 is 0. The smallest absolute Gasteiger partial charge is 0.222 e. The van der Waals surface area contributed by atoms with Crippen molar-refractivity contribution in [1.82, 2.24) is 4.90 Å². The third-order valence-electron chi connectivity index (χ3n) is 2.95. The maximum Gasteiger partial charge on any atom is 0.222 e. The lowest BCUT2D eigenvalue weighted by molar-refractivity contribution is -0.127. The lowest BCUT2D eigenvalue weighted by Crippen LogP contribution is -2.25. The third kappa shape index (κ3) is 9.16. The summed E-state index contributed by atoms with van der Waals surface area (Å²) in [6.07, 6.45) is 9.75. The first-order valence-corrected chi connectivity index (χ1v) is 7.14. The highest BCUT2D eigenvalue weighted by Gasteiger charge is 2.18. The van der Waals surface area contributed by atoms with Gasteiger partial charge in [-0.25, -0.2) is 0 Å². The Morgan fingerprint density at radius 3 is 2.24 bits per heavy atom. The molecule has 0 saturated carbocycles. The zero-order valence-corrected chi connectivity index (χ0v) is 11.6. The average Bonchev–Trinajstić information content (AvgIpc) is 2.71. The van der Waals surface area contributed by atoms with Crippen LogP contribution in [0, 0.1) is 0 Å². The zero-order chi connectivity index (χ0) is 12.9. The fraction of sp³-hybridized carbons (Fsp3) is 0.929. The van der Waals surface area contributed by atoms with E-state index in [0.717, 1.165) is 25.9 Å². The normalized spacial score (nSPS) is 14.8. The van der Waals surface area contributed by atoms with Crippen molar-refractivity contribution >= 4 is 5.91 Å². The lowest BCUT2D eigenvalue weighted by atomic mass is 10.1. The summed E-state index contributed by atoms with van der Waals surface area (Å²) in [6.45, 7) is 6.18. The van der Waals surface area contributed by atoms with Crippen molar-refractivity contribution in [2.45, 2.75) is 65.2 Å². The first kappa shape index (κ1) is 16.4. The molecule has 0 bridgehead atoms. The molecule has 3 heteroatoms. The van der Waals surface area contributed by atoms with Crippen LogP contribution in [0.3, 0.4) is 0 Å². The van der Waals surface area contributed by atoms with Gasteiger partial charge in [0.1, 0.15) is 0 Å². The van der Waals surface area contributed by atoms with Crippen molar-refractivity contribution in [3.63, 3.8) is 0 Å². The number of carbonyl (C=O) groups is 1. The minimum atomic E-state index is 0.250. The molecule has 1 aliphatic heterocycles. The van der Waals surface area contributed by atoms with Crippen LogP contribution in [0.2, 0.25) is 0 Å². The topological polar surface area (TPSA) is 40.5 Å². The molecule has 0 atom stereocenters. The predicted octanol–water partition coefficient (Wildman–Crippen LogP) is 2.97. The van der Waals surface area contributed by atoms with Gasteiger partial charge in [0.15, 0.2) is 0 Å². The van der Waals surface area contributed by atoms with Gasteiger partial charge in [0, 0.05) is 26.1 Å². The fourth-order valence-electron chi connectivity index (χ4n) is 2.02. The monoisotopic (exact) mass is 243 g/mol. The lowest BCUT2D eigenvalue weighted by Gasteiger charge is -2.14. The first-order valence-electron chi connectivity index (χ1n) is 7.14. The number of carbonyl (C=O) groups excluding carboxylic acids is 1. The fourth-order valence-corrected chi connectivity index (χ4v) is 2.02. The minimum absolute atomic E-state index is 0.250. The number of likely N-dealkylation sites (tertiary alicyclic amines) is 1. The van der Waals surface area contributed by atoms with Gasteiger partial charge in [-0.2, -0.15) is 0 Å². The van der Waals surface area contributed by atoms with Gasteiger partial charge in [-0.1, -0.05) is 39.0 Å². The van der Waals surface area contributed by atoms with Crippen LogP contribution in [0.25, 0.3) is 0 Å². The molecular weight excluding hydrogens is 214 g/mol. The zero-order valence-electron chi connectivity index (χ0n) is 11.6. The van der Waals surface area contributed by atoms with Crippen LogP contribution in [-0.4, -0.2) is 35.6 Å². The quantitative estimate of drug-likeness (QED) is 0.698. The van der Waals surface area contributed by atoms with E-state index >= 15 is 0 Å². The van der Waals surface area contributed by atoms with E-state index in [-0.39, 0.29) is 6.61 Å². The Kier molecular flexibility index (Phi) is 11.5. The van der Waals surface area contributed by atoms with Crippen molar-refractivity contribution in [3.05, 3.63) is 0 Å². The van der Waals surface area contributed by atoms with Gasteiger partial charge >= 0.3 is 0 Å².